The highest BCUT2D eigenvalue weighted by Crippen LogP contribution is 2.05. The first-order valence-corrected chi connectivity index (χ1v) is 4.45. The molecule has 80 valence electrons. The van der Waals surface area contributed by atoms with Gasteiger partial charge in [-0.1, -0.05) is 0 Å². The molecule has 5 nitrogen and oxygen atoms in total. The first kappa shape index (κ1) is 12.8. The predicted octanol–water partition coefficient (Wildman–Crippen LogP) is -1.47. The van der Waals surface area contributed by atoms with E-state index in [4.69, 9.17) is 10.8 Å². The summed E-state index contributed by atoms with van der Waals surface area (Å²) in [7, 11) is 0. The lowest BCUT2D eigenvalue weighted by Crippen LogP contribution is -2.45. The summed E-state index contributed by atoms with van der Waals surface area (Å²) in [4.78, 5) is 1.47. The number of rotatable bonds is 6. The van der Waals surface area contributed by atoms with E-state index in [1.165, 1.54) is 4.90 Å². The van der Waals surface area contributed by atoms with Gasteiger partial charge in [-0.3, -0.25) is 4.90 Å². The highest BCUT2D eigenvalue weighted by Gasteiger charge is 2.19. The quantitative estimate of drug-likeness (QED) is 0.386. The summed E-state index contributed by atoms with van der Waals surface area (Å²) in [5.74, 6) is -0.107. The Balaban J connectivity index is 4.08. The molecule has 3 unspecified atom stereocenters. The third-order valence-corrected chi connectivity index (χ3v) is 2.02. The lowest BCUT2D eigenvalue weighted by Gasteiger charge is -2.30. The molecule has 0 fully saturated rings. The van der Waals surface area contributed by atoms with E-state index in [1.807, 2.05) is 0 Å². The van der Waals surface area contributed by atoms with Gasteiger partial charge in [0, 0.05) is 19.1 Å². The zero-order chi connectivity index (χ0) is 10.4. The molecule has 0 bridgehead atoms. The van der Waals surface area contributed by atoms with Gasteiger partial charge in [-0.25, -0.2) is 0 Å². The minimum atomic E-state index is -0.736. The van der Waals surface area contributed by atoms with Gasteiger partial charge in [0.05, 0.1) is 0 Å². The van der Waals surface area contributed by atoms with Crippen LogP contribution in [0.15, 0.2) is 0 Å². The second-order valence-corrected chi connectivity index (χ2v) is 3.24. The maximum absolute atomic E-state index is 9.27. The smallest absolute Gasteiger partial charge is 0.106 e. The van der Waals surface area contributed by atoms with Gasteiger partial charge in [0.25, 0.3) is 0 Å². The third-order valence-electron chi connectivity index (χ3n) is 2.02. The van der Waals surface area contributed by atoms with Crippen molar-refractivity contribution in [2.75, 3.05) is 19.7 Å². The monoisotopic (exact) mass is 192 g/mol. The summed E-state index contributed by atoms with van der Waals surface area (Å²) < 4.78 is 0. The van der Waals surface area contributed by atoms with Crippen molar-refractivity contribution >= 4 is 0 Å². The standard InChI is InChI=1S/C8H20N2O3/c1-6(12)10(7(2)13)4-8(3-9)5-11/h6-8,11-13H,3-5,9H2,1-2H3. The Morgan fingerprint density at radius 2 is 1.69 bits per heavy atom. The Labute approximate surface area is 78.8 Å². The zero-order valence-electron chi connectivity index (χ0n) is 8.22. The topological polar surface area (TPSA) is 90.0 Å². The van der Waals surface area contributed by atoms with Crippen molar-refractivity contribution in [3.05, 3.63) is 0 Å². The van der Waals surface area contributed by atoms with E-state index in [0.717, 1.165) is 0 Å². The van der Waals surface area contributed by atoms with Gasteiger partial charge < -0.3 is 21.1 Å². The maximum atomic E-state index is 9.27. The van der Waals surface area contributed by atoms with Gasteiger partial charge in [-0.2, -0.15) is 0 Å². The van der Waals surface area contributed by atoms with Gasteiger partial charge in [-0.15, -0.1) is 0 Å². The summed E-state index contributed by atoms with van der Waals surface area (Å²) in [6, 6.07) is 0. The van der Waals surface area contributed by atoms with Crippen molar-refractivity contribution in [3.8, 4) is 0 Å². The minimum Gasteiger partial charge on any atom is -0.396 e. The van der Waals surface area contributed by atoms with Crippen molar-refractivity contribution in [1.29, 1.82) is 0 Å². The summed E-state index contributed by atoms with van der Waals surface area (Å²) in [5.41, 5.74) is 5.38. The van der Waals surface area contributed by atoms with Crippen molar-refractivity contribution in [2.45, 2.75) is 26.3 Å². The fourth-order valence-corrected chi connectivity index (χ4v) is 1.12. The predicted molar refractivity (Wildman–Crippen MR) is 49.7 cm³/mol. The summed E-state index contributed by atoms with van der Waals surface area (Å²) in [6.07, 6.45) is -1.47. The van der Waals surface area contributed by atoms with Crippen molar-refractivity contribution in [1.82, 2.24) is 4.90 Å². The van der Waals surface area contributed by atoms with Crippen LogP contribution in [-0.4, -0.2) is 52.4 Å². The van der Waals surface area contributed by atoms with E-state index in [2.05, 4.69) is 0 Å². The number of hydrogen-bond donors (Lipinski definition) is 4. The molecule has 0 aromatic heterocycles. The van der Waals surface area contributed by atoms with Gasteiger partial charge >= 0.3 is 0 Å². The van der Waals surface area contributed by atoms with Gasteiger partial charge in [0.15, 0.2) is 0 Å². The van der Waals surface area contributed by atoms with Crippen molar-refractivity contribution in [3.63, 3.8) is 0 Å². The largest absolute Gasteiger partial charge is 0.396 e. The van der Waals surface area contributed by atoms with Crippen LogP contribution in [-0.2, 0) is 0 Å². The van der Waals surface area contributed by atoms with E-state index < -0.39 is 12.5 Å². The Bertz CT molecular complexity index is 119. The Morgan fingerprint density at radius 3 is 1.92 bits per heavy atom. The lowest BCUT2D eigenvalue weighted by molar-refractivity contribution is -0.0932. The van der Waals surface area contributed by atoms with Crippen LogP contribution in [0.5, 0.6) is 0 Å². The summed E-state index contributed by atoms with van der Waals surface area (Å²) in [6.45, 7) is 3.83. The van der Waals surface area contributed by atoms with E-state index in [1.54, 1.807) is 13.8 Å². The van der Waals surface area contributed by atoms with Crippen LogP contribution in [0.1, 0.15) is 13.8 Å². The van der Waals surface area contributed by atoms with E-state index >= 15 is 0 Å². The maximum Gasteiger partial charge on any atom is 0.106 e. The third kappa shape index (κ3) is 4.54. The fraction of sp³-hybridized carbons (Fsp3) is 1.00. The molecule has 0 aromatic carbocycles. The molecular weight excluding hydrogens is 172 g/mol. The van der Waals surface area contributed by atoms with Gasteiger partial charge in [0.2, 0.25) is 0 Å². The normalized spacial score (nSPS) is 18.7. The lowest BCUT2D eigenvalue weighted by atomic mass is 10.1. The van der Waals surface area contributed by atoms with Crippen LogP contribution in [0.4, 0.5) is 0 Å². The molecule has 0 heterocycles. The molecule has 5 N–H and O–H groups in total. The average Bonchev–Trinajstić information content (AvgIpc) is 2.05. The molecule has 0 aromatic rings. The molecule has 3 atom stereocenters. The Kier molecular flexibility index (Phi) is 6.19. The minimum absolute atomic E-state index is 0.0353. The fourth-order valence-electron chi connectivity index (χ4n) is 1.12. The SMILES string of the molecule is CC(O)N(CC(CN)CO)C(C)O. The molecule has 0 saturated carbocycles. The number of aliphatic hydroxyl groups is 3. The molecule has 0 radical (unpaired) electrons. The molecular formula is C8H20N2O3. The average molecular weight is 192 g/mol. The van der Waals surface area contributed by atoms with Crippen LogP contribution in [0.3, 0.4) is 0 Å². The molecule has 0 aliphatic rings. The van der Waals surface area contributed by atoms with Gasteiger partial charge in [0.1, 0.15) is 12.5 Å². The van der Waals surface area contributed by atoms with Crippen molar-refractivity contribution < 1.29 is 15.3 Å². The van der Waals surface area contributed by atoms with Crippen LogP contribution in [0, 0.1) is 5.92 Å². The van der Waals surface area contributed by atoms with Crippen LogP contribution < -0.4 is 5.73 Å². The molecule has 0 rings (SSSR count). The number of nitrogens with two attached hydrogens (primary N) is 1. The van der Waals surface area contributed by atoms with E-state index in [-0.39, 0.29) is 12.5 Å². The highest BCUT2D eigenvalue weighted by atomic mass is 16.3. The molecule has 0 aliphatic carbocycles. The van der Waals surface area contributed by atoms with E-state index in [0.29, 0.717) is 13.1 Å². The number of aliphatic hydroxyl groups excluding tert-OH is 3. The molecule has 0 aliphatic heterocycles. The first-order valence-electron chi connectivity index (χ1n) is 4.45. The van der Waals surface area contributed by atoms with Crippen LogP contribution in [0.2, 0.25) is 0 Å². The molecule has 0 amide bonds. The first-order chi connectivity index (χ1) is 6.02. The Morgan fingerprint density at radius 1 is 1.23 bits per heavy atom. The molecule has 0 saturated heterocycles. The second kappa shape index (κ2) is 6.28. The molecule has 0 spiro atoms. The summed E-state index contributed by atoms with van der Waals surface area (Å²) >= 11 is 0. The second-order valence-electron chi connectivity index (χ2n) is 3.24. The number of nitrogens with zero attached hydrogens (tertiary/aromatic N) is 1. The Hall–Kier alpha value is -0.200. The van der Waals surface area contributed by atoms with Crippen LogP contribution in [0.25, 0.3) is 0 Å². The van der Waals surface area contributed by atoms with Crippen molar-refractivity contribution in [2.24, 2.45) is 11.7 Å². The highest BCUT2D eigenvalue weighted by molar-refractivity contribution is 4.67. The summed E-state index contributed by atoms with van der Waals surface area (Å²) in [5, 5.41) is 27.4. The molecule has 13 heavy (non-hydrogen) atoms. The zero-order valence-corrected chi connectivity index (χ0v) is 8.22. The van der Waals surface area contributed by atoms with Crippen LogP contribution >= 0.6 is 0 Å². The van der Waals surface area contributed by atoms with Gasteiger partial charge in [-0.05, 0) is 20.4 Å². The molecule has 5 heteroatoms. The van der Waals surface area contributed by atoms with E-state index in [9.17, 15) is 10.2 Å². The number of hydrogen-bond acceptors (Lipinski definition) is 5.